The third-order valence-corrected chi connectivity index (χ3v) is 4.92. The maximum absolute atomic E-state index is 12.5. The van der Waals surface area contributed by atoms with E-state index in [0.29, 0.717) is 27.7 Å². The van der Waals surface area contributed by atoms with Crippen LogP contribution >= 0.6 is 11.6 Å². The highest BCUT2D eigenvalue weighted by Crippen LogP contribution is 2.23. The lowest BCUT2D eigenvalue weighted by Gasteiger charge is -2.21. The van der Waals surface area contributed by atoms with Crippen molar-refractivity contribution in [3.05, 3.63) is 64.9 Å². The largest absolute Gasteiger partial charge is 0.467 e. The van der Waals surface area contributed by atoms with Crippen molar-refractivity contribution in [3.8, 4) is 0 Å². The highest BCUT2D eigenvalue weighted by Gasteiger charge is 2.24. The zero-order valence-corrected chi connectivity index (χ0v) is 17.7. The second-order valence-corrected chi connectivity index (χ2v) is 7.46. The summed E-state index contributed by atoms with van der Waals surface area (Å²) in [7, 11) is 1.35. The highest BCUT2D eigenvalue weighted by molar-refractivity contribution is 6.33. The van der Waals surface area contributed by atoms with Gasteiger partial charge in [0.15, 0.2) is 5.82 Å². The van der Waals surface area contributed by atoms with Gasteiger partial charge in [0.25, 0.3) is 5.91 Å². The molecule has 3 aromatic rings. The van der Waals surface area contributed by atoms with E-state index in [0.717, 1.165) is 5.39 Å². The van der Waals surface area contributed by atoms with Gasteiger partial charge in [-0.25, -0.2) is 14.8 Å². The molecule has 0 fully saturated rings. The summed E-state index contributed by atoms with van der Waals surface area (Å²) >= 11 is 6.09. The summed E-state index contributed by atoms with van der Waals surface area (Å²) in [5.74, 6) is 0.202. The number of esters is 1. The Labute approximate surface area is 179 Å². The highest BCUT2D eigenvalue weighted by atomic mass is 35.5. The van der Waals surface area contributed by atoms with Crippen LogP contribution in [0.1, 0.15) is 30.0 Å². The van der Waals surface area contributed by atoms with Crippen LogP contribution in [-0.2, 0) is 16.1 Å². The Morgan fingerprint density at radius 1 is 1.07 bits per heavy atom. The van der Waals surface area contributed by atoms with Crippen molar-refractivity contribution in [1.82, 2.24) is 15.3 Å². The topological polar surface area (TPSA) is 93.2 Å². The third-order valence-electron chi connectivity index (χ3n) is 4.59. The molecule has 156 valence electrons. The molecule has 0 saturated heterocycles. The van der Waals surface area contributed by atoms with Gasteiger partial charge in [-0.3, -0.25) is 4.79 Å². The van der Waals surface area contributed by atoms with E-state index in [9.17, 15) is 9.59 Å². The average Bonchev–Trinajstić information content (AvgIpc) is 2.75. The van der Waals surface area contributed by atoms with Crippen molar-refractivity contribution in [3.63, 3.8) is 0 Å². The van der Waals surface area contributed by atoms with E-state index in [4.69, 9.17) is 16.3 Å². The Balaban J connectivity index is 1.88. The van der Waals surface area contributed by atoms with Gasteiger partial charge < -0.3 is 15.4 Å². The summed E-state index contributed by atoms with van der Waals surface area (Å²) in [5, 5.41) is 7.11. The number of fused-ring (bicyclic) bond motifs is 1. The van der Waals surface area contributed by atoms with Gasteiger partial charge >= 0.3 is 5.97 Å². The normalized spacial score (nSPS) is 11.9. The summed E-state index contributed by atoms with van der Waals surface area (Å²) in [5.41, 5.74) is 1.08. The summed E-state index contributed by atoms with van der Waals surface area (Å²) in [4.78, 5) is 33.7. The Morgan fingerprint density at radius 2 is 1.77 bits per heavy atom. The lowest BCUT2D eigenvalue weighted by Crippen LogP contribution is -2.36. The molecule has 1 aromatic heterocycles. The number of nitrogens with zero attached hydrogens (tertiary/aromatic N) is 2. The second kappa shape index (κ2) is 9.54. The van der Waals surface area contributed by atoms with Crippen LogP contribution in [0.3, 0.4) is 0 Å². The lowest BCUT2D eigenvalue weighted by atomic mass is 10.0. The number of nitrogens with one attached hydrogen (secondary N) is 2. The van der Waals surface area contributed by atoms with Crippen LogP contribution in [0.5, 0.6) is 0 Å². The predicted molar refractivity (Wildman–Crippen MR) is 116 cm³/mol. The van der Waals surface area contributed by atoms with Crippen molar-refractivity contribution in [1.29, 1.82) is 0 Å². The molecule has 1 amide bonds. The van der Waals surface area contributed by atoms with Crippen molar-refractivity contribution in [2.45, 2.75) is 26.4 Å². The number of anilines is 1. The van der Waals surface area contributed by atoms with E-state index in [1.807, 2.05) is 38.1 Å². The monoisotopic (exact) mass is 426 g/mol. The molecule has 0 spiro atoms. The maximum atomic E-state index is 12.5. The zero-order chi connectivity index (χ0) is 21.7. The average molecular weight is 427 g/mol. The molecule has 1 atom stereocenters. The summed E-state index contributed by atoms with van der Waals surface area (Å²) in [6.45, 7) is 3.94. The number of halogens is 1. The molecule has 3 rings (SSSR count). The number of ether oxygens (including phenoxy) is 1. The summed E-state index contributed by atoms with van der Waals surface area (Å²) < 4.78 is 4.91. The van der Waals surface area contributed by atoms with E-state index >= 15 is 0 Å². The number of carbonyl (C=O) groups is 2. The smallest absolute Gasteiger partial charge is 0.328 e. The van der Waals surface area contributed by atoms with Crippen LogP contribution in [0.25, 0.3) is 10.9 Å². The molecule has 1 heterocycles. The molecular formula is C22H23ClN4O3. The van der Waals surface area contributed by atoms with E-state index in [2.05, 4.69) is 20.6 Å². The van der Waals surface area contributed by atoms with E-state index in [1.165, 1.54) is 7.11 Å². The number of hydrogen-bond donors (Lipinski definition) is 2. The minimum absolute atomic E-state index is 0.0189. The minimum atomic E-state index is -0.570. The van der Waals surface area contributed by atoms with Crippen molar-refractivity contribution in [2.75, 3.05) is 12.4 Å². The number of para-hydroxylation sites is 1. The van der Waals surface area contributed by atoms with Gasteiger partial charge in [0.2, 0.25) is 0 Å². The number of methoxy groups -OCH3 is 1. The Kier molecular flexibility index (Phi) is 6.84. The van der Waals surface area contributed by atoms with Gasteiger partial charge in [0, 0.05) is 5.39 Å². The van der Waals surface area contributed by atoms with Crippen molar-refractivity contribution < 1.29 is 14.3 Å². The molecule has 8 heteroatoms. The van der Waals surface area contributed by atoms with E-state index in [-0.39, 0.29) is 24.3 Å². The SMILES string of the molecule is COC(=O)[C@@H](Nc1nc(CNC(=O)c2ccccc2Cl)nc2ccccc12)C(C)C. The quantitative estimate of drug-likeness (QED) is 0.558. The lowest BCUT2D eigenvalue weighted by molar-refractivity contribution is -0.142. The second-order valence-electron chi connectivity index (χ2n) is 7.06. The first-order valence-corrected chi connectivity index (χ1v) is 9.91. The number of rotatable bonds is 7. The van der Waals surface area contributed by atoms with Crippen molar-refractivity contribution in [2.24, 2.45) is 5.92 Å². The van der Waals surface area contributed by atoms with Crippen LogP contribution in [0.2, 0.25) is 5.02 Å². The van der Waals surface area contributed by atoms with Gasteiger partial charge in [-0.15, -0.1) is 0 Å². The fourth-order valence-corrected chi connectivity index (χ4v) is 3.21. The fourth-order valence-electron chi connectivity index (χ4n) is 2.99. The van der Waals surface area contributed by atoms with Crippen LogP contribution in [0, 0.1) is 5.92 Å². The molecule has 0 unspecified atom stereocenters. The summed E-state index contributed by atoms with van der Waals surface area (Å²) in [6.07, 6.45) is 0. The number of carbonyl (C=O) groups excluding carboxylic acids is 2. The Hall–Kier alpha value is -3.19. The molecule has 2 N–H and O–H groups in total. The predicted octanol–water partition coefficient (Wildman–Crippen LogP) is 3.82. The molecule has 0 aliphatic carbocycles. The van der Waals surface area contributed by atoms with E-state index in [1.54, 1.807) is 24.3 Å². The van der Waals surface area contributed by atoms with Gasteiger partial charge in [-0.1, -0.05) is 49.7 Å². The molecule has 0 aliphatic heterocycles. The zero-order valence-electron chi connectivity index (χ0n) is 17.0. The van der Waals surface area contributed by atoms with Crippen LogP contribution in [0.15, 0.2) is 48.5 Å². The van der Waals surface area contributed by atoms with E-state index < -0.39 is 6.04 Å². The molecule has 0 radical (unpaired) electrons. The third kappa shape index (κ3) is 4.86. The number of hydrogen-bond acceptors (Lipinski definition) is 6. The number of aromatic nitrogens is 2. The van der Waals surface area contributed by atoms with Gasteiger partial charge in [0.05, 0.1) is 29.8 Å². The molecular weight excluding hydrogens is 404 g/mol. The molecule has 0 aliphatic rings. The molecule has 0 saturated carbocycles. The Morgan fingerprint density at radius 3 is 2.47 bits per heavy atom. The Bertz CT molecular complexity index is 1070. The maximum Gasteiger partial charge on any atom is 0.328 e. The standard InChI is InChI=1S/C22H23ClN4O3/c1-13(2)19(22(29)30-3)27-20-15-9-5-7-11-17(15)25-18(26-20)12-24-21(28)14-8-4-6-10-16(14)23/h4-11,13,19H,12H2,1-3H3,(H,24,28)(H,25,26,27)/t19-/m0/s1. The first kappa shape index (κ1) is 21.5. The van der Waals surface area contributed by atoms with Crippen molar-refractivity contribution >= 4 is 40.2 Å². The summed E-state index contributed by atoms with van der Waals surface area (Å²) in [6, 6.07) is 13.7. The van der Waals surface area contributed by atoms with Crippen LogP contribution < -0.4 is 10.6 Å². The first-order valence-electron chi connectivity index (χ1n) is 9.53. The van der Waals surface area contributed by atoms with Gasteiger partial charge in [0.1, 0.15) is 11.9 Å². The number of benzene rings is 2. The molecule has 0 bridgehead atoms. The number of amides is 1. The fraction of sp³-hybridized carbons (Fsp3) is 0.273. The molecule has 7 nitrogen and oxygen atoms in total. The van der Waals surface area contributed by atoms with Crippen LogP contribution in [-0.4, -0.2) is 35.0 Å². The molecule has 2 aromatic carbocycles. The van der Waals surface area contributed by atoms with Crippen LogP contribution in [0.4, 0.5) is 5.82 Å². The minimum Gasteiger partial charge on any atom is -0.467 e. The van der Waals surface area contributed by atoms with Gasteiger partial charge in [-0.05, 0) is 30.2 Å². The molecule has 30 heavy (non-hydrogen) atoms. The first-order chi connectivity index (χ1) is 14.4. The van der Waals surface area contributed by atoms with Gasteiger partial charge in [-0.2, -0.15) is 0 Å².